The Morgan fingerprint density at radius 2 is 1.97 bits per heavy atom. The van der Waals surface area contributed by atoms with Gasteiger partial charge in [-0.1, -0.05) is 6.42 Å². The number of aromatic hydroxyl groups is 1. The second-order valence-electron chi connectivity index (χ2n) is 8.51. The molecule has 2 aromatic heterocycles. The highest BCUT2D eigenvalue weighted by Crippen LogP contribution is 2.37. The van der Waals surface area contributed by atoms with Crippen LogP contribution in [0.2, 0.25) is 0 Å². The quantitative estimate of drug-likeness (QED) is 0.632. The molecule has 1 aromatic carbocycles. The van der Waals surface area contributed by atoms with Crippen LogP contribution in [-0.2, 0) is 0 Å². The van der Waals surface area contributed by atoms with Crippen molar-refractivity contribution in [2.24, 2.45) is 0 Å². The van der Waals surface area contributed by atoms with Crippen molar-refractivity contribution in [3.8, 4) is 27.4 Å². The van der Waals surface area contributed by atoms with E-state index in [4.69, 9.17) is 0 Å². The van der Waals surface area contributed by atoms with Crippen LogP contribution >= 0.6 is 11.3 Å². The lowest BCUT2D eigenvalue weighted by Crippen LogP contribution is -2.45. The van der Waals surface area contributed by atoms with E-state index in [9.17, 15) is 9.50 Å². The molecule has 31 heavy (non-hydrogen) atoms. The highest BCUT2D eigenvalue weighted by atomic mass is 32.1. The van der Waals surface area contributed by atoms with Crippen molar-refractivity contribution in [1.29, 1.82) is 0 Å². The van der Waals surface area contributed by atoms with E-state index < -0.39 is 5.82 Å². The van der Waals surface area contributed by atoms with Gasteiger partial charge in [0.15, 0.2) is 5.82 Å². The minimum atomic E-state index is -0.413. The fourth-order valence-electron chi connectivity index (χ4n) is 4.45. The molecule has 1 saturated heterocycles. The fourth-order valence-corrected chi connectivity index (χ4v) is 5.25. The summed E-state index contributed by atoms with van der Waals surface area (Å²) in [6.07, 6.45) is 6.71. The first-order valence-corrected chi connectivity index (χ1v) is 11.6. The zero-order valence-electron chi connectivity index (χ0n) is 17.8. The summed E-state index contributed by atoms with van der Waals surface area (Å²) in [5.41, 5.74) is 1.13. The van der Waals surface area contributed by atoms with Crippen molar-refractivity contribution in [3.05, 3.63) is 41.3 Å². The summed E-state index contributed by atoms with van der Waals surface area (Å²) in [5, 5.41) is 20.1. The van der Waals surface area contributed by atoms with Crippen LogP contribution in [0.4, 0.5) is 10.2 Å². The van der Waals surface area contributed by atoms with Gasteiger partial charge in [-0.15, -0.1) is 21.5 Å². The Labute approximate surface area is 185 Å². The topological polar surface area (TPSA) is 65.4 Å². The molecule has 5 rings (SSSR count). The van der Waals surface area contributed by atoms with Crippen LogP contribution in [0.15, 0.2) is 30.5 Å². The van der Waals surface area contributed by atoms with E-state index in [1.807, 2.05) is 13.0 Å². The SMILES string of the molecule is Cc1ncc(-c2cc(O)c(-c3ccc(N4CCC(N(C)C5CCC5)C4)nn3)cc2F)s1. The number of nitrogens with zero attached hydrogens (tertiary/aromatic N) is 5. The lowest BCUT2D eigenvalue weighted by molar-refractivity contribution is 0.119. The van der Waals surface area contributed by atoms with Gasteiger partial charge in [-0.05, 0) is 57.5 Å². The monoisotopic (exact) mass is 439 g/mol. The zero-order valence-corrected chi connectivity index (χ0v) is 18.6. The number of rotatable bonds is 5. The maximum atomic E-state index is 14.8. The van der Waals surface area contributed by atoms with Crippen LogP contribution in [0.1, 0.15) is 30.7 Å². The number of aryl methyl sites for hydroxylation is 1. The Morgan fingerprint density at radius 1 is 1.13 bits per heavy atom. The van der Waals surface area contributed by atoms with Crippen molar-refractivity contribution >= 4 is 17.2 Å². The lowest BCUT2D eigenvalue weighted by Gasteiger charge is -2.38. The van der Waals surface area contributed by atoms with Gasteiger partial charge in [0.1, 0.15) is 11.6 Å². The first-order valence-electron chi connectivity index (χ1n) is 10.8. The van der Waals surface area contributed by atoms with E-state index in [0.717, 1.165) is 36.4 Å². The maximum absolute atomic E-state index is 14.8. The number of phenolic OH excluding ortho intramolecular Hbond substituents is 1. The molecule has 6 nitrogen and oxygen atoms in total. The third-order valence-electron chi connectivity index (χ3n) is 6.61. The number of hydrogen-bond donors (Lipinski definition) is 1. The molecule has 0 bridgehead atoms. The third kappa shape index (κ3) is 3.90. The highest BCUT2D eigenvalue weighted by Gasteiger charge is 2.32. The van der Waals surface area contributed by atoms with E-state index in [0.29, 0.717) is 27.7 Å². The minimum absolute atomic E-state index is 0.0205. The molecule has 3 heterocycles. The number of phenols is 1. The molecule has 1 saturated carbocycles. The Balaban J connectivity index is 1.33. The summed E-state index contributed by atoms with van der Waals surface area (Å²) in [6.45, 7) is 3.77. The zero-order chi connectivity index (χ0) is 21.5. The Morgan fingerprint density at radius 3 is 2.61 bits per heavy atom. The van der Waals surface area contributed by atoms with E-state index in [-0.39, 0.29) is 5.75 Å². The number of thiazole rings is 1. The molecule has 2 aliphatic rings. The molecule has 1 aliphatic heterocycles. The Hall–Kier alpha value is -2.58. The van der Waals surface area contributed by atoms with Gasteiger partial charge in [-0.25, -0.2) is 9.37 Å². The van der Waals surface area contributed by atoms with E-state index in [2.05, 4.69) is 32.0 Å². The second-order valence-corrected chi connectivity index (χ2v) is 9.74. The standard InChI is InChI=1S/C23H26FN5OS/c1-14-25-12-22(31-14)17-11-21(30)18(10-19(17)24)20-6-7-23(27-26-20)29-9-8-16(13-29)28(2)15-4-3-5-15/h6-7,10-12,15-16,30H,3-5,8-9,13H2,1-2H3. The summed E-state index contributed by atoms with van der Waals surface area (Å²) in [4.78, 5) is 9.64. The molecular weight excluding hydrogens is 413 g/mol. The predicted molar refractivity (Wildman–Crippen MR) is 121 cm³/mol. The molecule has 2 fully saturated rings. The van der Waals surface area contributed by atoms with E-state index in [1.54, 1.807) is 12.3 Å². The van der Waals surface area contributed by atoms with Gasteiger partial charge in [-0.3, -0.25) is 4.90 Å². The van der Waals surface area contributed by atoms with Crippen molar-refractivity contribution < 1.29 is 9.50 Å². The number of hydrogen-bond acceptors (Lipinski definition) is 7. The number of aromatic nitrogens is 3. The summed E-state index contributed by atoms with van der Waals surface area (Å²) in [5.74, 6) is 0.390. The fraction of sp³-hybridized carbons (Fsp3) is 0.435. The minimum Gasteiger partial charge on any atom is -0.507 e. The van der Waals surface area contributed by atoms with Crippen molar-refractivity contribution in [3.63, 3.8) is 0 Å². The summed E-state index contributed by atoms with van der Waals surface area (Å²) < 4.78 is 14.8. The number of anilines is 1. The van der Waals surface area contributed by atoms with Gasteiger partial charge >= 0.3 is 0 Å². The first-order chi connectivity index (χ1) is 15.0. The molecular formula is C23H26FN5OS. The Kier molecular flexibility index (Phi) is 5.35. The smallest absolute Gasteiger partial charge is 0.151 e. The summed E-state index contributed by atoms with van der Waals surface area (Å²) in [7, 11) is 2.24. The number of halogens is 1. The molecule has 1 N–H and O–H groups in total. The number of likely N-dealkylation sites (N-methyl/N-ethyl adjacent to an activating group) is 1. The molecule has 1 unspecified atom stereocenters. The van der Waals surface area contributed by atoms with Crippen LogP contribution in [0.3, 0.4) is 0 Å². The van der Waals surface area contributed by atoms with Crippen LogP contribution < -0.4 is 4.90 Å². The van der Waals surface area contributed by atoms with Gasteiger partial charge in [0.25, 0.3) is 0 Å². The summed E-state index contributed by atoms with van der Waals surface area (Å²) >= 11 is 1.39. The average Bonchev–Trinajstić information content (AvgIpc) is 3.38. The molecule has 0 radical (unpaired) electrons. The van der Waals surface area contributed by atoms with Crippen molar-refractivity contribution in [1.82, 2.24) is 20.1 Å². The van der Waals surface area contributed by atoms with Crippen LogP contribution in [0.5, 0.6) is 5.75 Å². The Bertz CT molecular complexity index is 1080. The summed E-state index contributed by atoms with van der Waals surface area (Å²) in [6, 6.07) is 7.75. The van der Waals surface area contributed by atoms with Crippen molar-refractivity contribution in [2.75, 3.05) is 25.0 Å². The molecule has 1 aliphatic carbocycles. The molecule has 8 heteroatoms. The first kappa shape index (κ1) is 20.3. The predicted octanol–water partition coefficient (Wildman–Crippen LogP) is 4.48. The molecule has 0 amide bonds. The maximum Gasteiger partial charge on any atom is 0.151 e. The normalized spacial score (nSPS) is 19.2. The second kappa shape index (κ2) is 8.16. The average molecular weight is 440 g/mol. The highest BCUT2D eigenvalue weighted by molar-refractivity contribution is 7.15. The van der Waals surface area contributed by atoms with Gasteiger partial charge in [0, 0.05) is 42.5 Å². The largest absolute Gasteiger partial charge is 0.507 e. The van der Waals surface area contributed by atoms with Crippen LogP contribution in [0, 0.1) is 12.7 Å². The van der Waals surface area contributed by atoms with Gasteiger partial charge in [-0.2, -0.15) is 0 Å². The number of benzene rings is 1. The van der Waals surface area contributed by atoms with Gasteiger partial charge in [0.2, 0.25) is 0 Å². The lowest BCUT2D eigenvalue weighted by atomic mass is 9.91. The van der Waals surface area contributed by atoms with E-state index >= 15 is 0 Å². The van der Waals surface area contributed by atoms with Gasteiger partial charge < -0.3 is 10.0 Å². The molecule has 1 atom stereocenters. The van der Waals surface area contributed by atoms with Crippen LogP contribution in [0.25, 0.3) is 21.7 Å². The van der Waals surface area contributed by atoms with Crippen molar-refractivity contribution in [2.45, 2.75) is 44.7 Å². The third-order valence-corrected chi connectivity index (χ3v) is 7.56. The van der Waals surface area contributed by atoms with E-state index in [1.165, 1.54) is 42.7 Å². The molecule has 3 aromatic rings. The van der Waals surface area contributed by atoms with Gasteiger partial charge in [0.05, 0.1) is 15.6 Å². The van der Waals surface area contributed by atoms with Crippen LogP contribution in [-0.4, -0.2) is 57.4 Å². The molecule has 0 spiro atoms. The molecule has 162 valence electrons.